The van der Waals surface area contributed by atoms with Crippen molar-refractivity contribution >= 4 is 16.9 Å². The predicted octanol–water partition coefficient (Wildman–Crippen LogP) is 3.82. The SMILES string of the molecule is CCCN(CC1CC1)C(=O)c1cc(-c2ccnc3[nH]ccc23)c[nH]1. The molecule has 0 unspecified atom stereocenters. The van der Waals surface area contributed by atoms with Crippen molar-refractivity contribution in [3.05, 3.63) is 42.5 Å². The number of pyridine rings is 1. The lowest BCUT2D eigenvalue weighted by Crippen LogP contribution is -2.33. The van der Waals surface area contributed by atoms with Crippen LogP contribution in [0.1, 0.15) is 36.7 Å². The third kappa shape index (κ3) is 2.82. The second-order valence-electron chi connectivity index (χ2n) is 6.60. The molecule has 1 aliphatic rings. The Labute approximate surface area is 141 Å². The second-order valence-corrected chi connectivity index (χ2v) is 6.60. The molecule has 3 aromatic heterocycles. The third-order valence-corrected chi connectivity index (χ3v) is 4.64. The summed E-state index contributed by atoms with van der Waals surface area (Å²) >= 11 is 0. The van der Waals surface area contributed by atoms with Gasteiger partial charge in [0.2, 0.25) is 0 Å². The number of carbonyl (C=O) groups excluding carboxylic acids is 1. The Balaban J connectivity index is 1.61. The maximum absolute atomic E-state index is 12.8. The molecule has 1 amide bonds. The summed E-state index contributed by atoms with van der Waals surface area (Å²) in [6.45, 7) is 3.83. The van der Waals surface area contributed by atoms with Crippen molar-refractivity contribution in [2.45, 2.75) is 26.2 Å². The normalized spacial score (nSPS) is 14.2. The molecule has 0 saturated heterocycles. The van der Waals surface area contributed by atoms with Gasteiger partial charge >= 0.3 is 0 Å². The van der Waals surface area contributed by atoms with Crippen LogP contribution in [0.2, 0.25) is 0 Å². The highest BCUT2D eigenvalue weighted by atomic mass is 16.2. The third-order valence-electron chi connectivity index (χ3n) is 4.64. The van der Waals surface area contributed by atoms with E-state index in [1.807, 2.05) is 35.5 Å². The van der Waals surface area contributed by atoms with Crippen LogP contribution in [0.3, 0.4) is 0 Å². The number of aromatic amines is 2. The van der Waals surface area contributed by atoms with E-state index in [1.165, 1.54) is 12.8 Å². The molecular weight excluding hydrogens is 300 g/mol. The van der Waals surface area contributed by atoms with Crippen molar-refractivity contribution in [3.63, 3.8) is 0 Å². The highest BCUT2D eigenvalue weighted by Crippen LogP contribution is 2.31. The van der Waals surface area contributed by atoms with Crippen LogP contribution < -0.4 is 0 Å². The number of hydrogen-bond acceptors (Lipinski definition) is 2. The first-order valence-electron chi connectivity index (χ1n) is 8.66. The molecule has 0 spiro atoms. The van der Waals surface area contributed by atoms with Crippen LogP contribution in [-0.4, -0.2) is 38.8 Å². The summed E-state index contributed by atoms with van der Waals surface area (Å²) in [4.78, 5) is 25.4. The summed E-state index contributed by atoms with van der Waals surface area (Å²) in [6, 6.07) is 5.96. The predicted molar refractivity (Wildman–Crippen MR) is 94.8 cm³/mol. The number of nitrogens with zero attached hydrogens (tertiary/aromatic N) is 2. The summed E-state index contributed by atoms with van der Waals surface area (Å²) < 4.78 is 0. The number of carbonyl (C=O) groups is 1. The number of amides is 1. The molecule has 2 N–H and O–H groups in total. The van der Waals surface area contributed by atoms with Crippen LogP contribution in [0.25, 0.3) is 22.2 Å². The van der Waals surface area contributed by atoms with Gasteiger partial charge in [0, 0.05) is 42.6 Å². The van der Waals surface area contributed by atoms with Gasteiger partial charge in [-0.15, -0.1) is 0 Å². The van der Waals surface area contributed by atoms with Crippen molar-refractivity contribution in [2.24, 2.45) is 5.92 Å². The fraction of sp³-hybridized carbons (Fsp3) is 0.368. The molecule has 0 bridgehead atoms. The van der Waals surface area contributed by atoms with Crippen LogP contribution in [-0.2, 0) is 0 Å². The van der Waals surface area contributed by atoms with E-state index in [1.54, 1.807) is 6.20 Å². The van der Waals surface area contributed by atoms with Gasteiger partial charge in [-0.05, 0) is 48.9 Å². The number of fused-ring (bicyclic) bond motifs is 1. The van der Waals surface area contributed by atoms with E-state index < -0.39 is 0 Å². The smallest absolute Gasteiger partial charge is 0.270 e. The summed E-state index contributed by atoms with van der Waals surface area (Å²) in [7, 11) is 0. The number of hydrogen-bond donors (Lipinski definition) is 2. The monoisotopic (exact) mass is 322 g/mol. The second kappa shape index (κ2) is 6.15. The van der Waals surface area contributed by atoms with Gasteiger partial charge in [0.25, 0.3) is 5.91 Å². The van der Waals surface area contributed by atoms with Gasteiger partial charge < -0.3 is 14.9 Å². The Bertz CT molecular complexity index is 859. The Morgan fingerprint density at radius 3 is 3.00 bits per heavy atom. The summed E-state index contributed by atoms with van der Waals surface area (Å²) in [5, 5.41) is 1.07. The highest BCUT2D eigenvalue weighted by molar-refractivity contribution is 5.97. The first-order chi connectivity index (χ1) is 11.8. The molecule has 5 nitrogen and oxygen atoms in total. The van der Waals surface area contributed by atoms with Crippen molar-refractivity contribution in [1.29, 1.82) is 0 Å². The zero-order valence-electron chi connectivity index (χ0n) is 13.9. The lowest BCUT2D eigenvalue weighted by Gasteiger charge is -2.21. The molecule has 1 saturated carbocycles. The maximum Gasteiger partial charge on any atom is 0.270 e. The first-order valence-corrected chi connectivity index (χ1v) is 8.66. The molecular formula is C19H22N4O. The lowest BCUT2D eigenvalue weighted by molar-refractivity contribution is 0.0742. The summed E-state index contributed by atoms with van der Waals surface area (Å²) in [5.41, 5.74) is 3.64. The fourth-order valence-electron chi connectivity index (χ4n) is 3.21. The van der Waals surface area contributed by atoms with Gasteiger partial charge in [-0.25, -0.2) is 4.98 Å². The first kappa shape index (κ1) is 15.0. The molecule has 0 radical (unpaired) electrons. The van der Waals surface area contributed by atoms with Crippen LogP contribution in [0, 0.1) is 5.92 Å². The van der Waals surface area contributed by atoms with Crippen molar-refractivity contribution in [1.82, 2.24) is 19.9 Å². The van der Waals surface area contributed by atoms with Crippen LogP contribution in [0.5, 0.6) is 0 Å². The molecule has 3 aromatic rings. The topological polar surface area (TPSA) is 64.8 Å². The number of aromatic nitrogens is 3. The number of nitrogens with one attached hydrogen (secondary N) is 2. The zero-order valence-corrected chi connectivity index (χ0v) is 13.9. The lowest BCUT2D eigenvalue weighted by atomic mass is 10.1. The van der Waals surface area contributed by atoms with E-state index in [9.17, 15) is 4.79 Å². The fourth-order valence-corrected chi connectivity index (χ4v) is 3.21. The Hall–Kier alpha value is -2.56. The maximum atomic E-state index is 12.8. The van der Waals surface area contributed by atoms with E-state index in [0.717, 1.165) is 41.7 Å². The van der Waals surface area contributed by atoms with Crippen LogP contribution >= 0.6 is 0 Å². The standard InChI is InChI=1S/C19H22N4O/c1-2-9-23(12-13-3-4-13)19(24)17-10-14(11-22-17)15-5-7-20-18-16(15)6-8-21-18/h5-8,10-11,13,22H,2-4,9,12H2,1H3,(H,20,21). The molecule has 4 rings (SSSR count). The molecule has 0 aliphatic heterocycles. The highest BCUT2D eigenvalue weighted by Gasteiger charge is 2.27. The van der Waals surface area contributed by atoms with Crippen molar-refractivity contribution in [2.75, 3.05) is 13.1 Å². The van der Waals surface area contributed by atoms with Crippen LogP contribution in [0.15, 0.2) is 36.8 Å². The van der Waals surface area contributed by atoms with Gasteiger partial charge in [-0.1, -0.05) is 6.92 Å². The van der Waals surface area contributed by atoms with Gasteiger partial charge in [0.15, 0.2) is 0 Å². The van der Waals surface area contributed by atoms with E-state index in [-0.39, 0.29) is 5.91 Å². The molecule has 1 fully saturated rings. The Morgan fingerprint density at radius 2 is 2.21 bits per heavy atom. The average Bonchev–Trinajstić information content (AvgIpc) is 3.10. The molecule has 0 aromatic carbocycles. The number of H-pyrrole nitrogens is 2. The largest absolute Gasteiger partial charge is 0.357 e. The molecule has 24 heavy (non-hydrogen) atoms. The van der Waals surface area contributed by atoms with E-state index in [0.29, 0.717) is 11.6 Å². The molecule has 5 heteroatoms. The Kier molecular flexibility index (Phi) is 3.84. The van der Waals surface area contributed by atoms with Gasteiger partial charge in [-0.3, -0.25) is 4.79 Å². The summed E-state index contributed by atoms with van der Waals surface area (Å²) in [5.74, 6) is 0.809. The van der Waals surface area contributed by atoms with Crippen molar-refractivity contribution in [3.8, 4) is 11.1 Å². The average molecular weight is 322 g/mol. The van der Waals surface area contributed by atoms with Crippen LogP contribution in [0.4, 0.5) is 0 Å². The van der Waals surface area contributed by atoms with Gasteiger partial charge in [0.1, 0.15) is 11.3 Å². The van der Waals surface area contributed by atoms with E-state index in [2.05, 4.69) is 21.9 Å². The molecule has 1 aliphatic carbocycles. The number of rotatable bonds is 6. The quantitative estimate of drug-likeness (QED) is 0.724. The zero-order chi connectivity index (χ0) is 16.5. The minimum atomic E-state index is 0.106. The minimum absolute atomic E-state index is 0.106. The molecule has 3 heterocycles. The minimum Gasteiger partial charge on any atom is -0.357 e. The summed E-state index contributed by atoms with van der Waals surface area (Å²) in [6.07, 6.45) is 9.09. The van der Waals surface area contributed by atoms with E-state index in [4.69, 9.17) is 0 Å². The van der Waals surface area contributed by atoms with Gasteiger partial charge in [-0.2, -0.15) is 0 Å². The van der Waals surface area contributed by atoms with Gasteiger partial charge in [0.05, 0.1) is 0 Å². The van der Waals surface area contributed by atoms with Crippen molar-refractivity contribution < 1.29 is 4.79 Å². The Morgan fingerprint density at radius 1 is 1.33 bits per heavy atom. The van der Waals surface area contributed by atoms with E-state index >= 15 is 0 Å². The molecule has 124 valence electrons. The molecule has 0 atom stereocenters.